The van der Waals surface area contributed by atoms with E-state index in [1.54, 1.807) is 6.20 Å². The summed E-state index contributed by atoms with van der Waals surface area (Å²) in [5.41, 5.74) is 3.45. The van der Waals surface area contributed by atoms with E-state index in [9.17, 15) is 0 Å². The Morgan fingerprint density at radius 2 is 1.85 bits per heavy atom. The van der Waals surface area contributed by atoms with E-state index in [2.05, 4.69) is 64.3 Å². The number of nitrogens with zero attached hydrogens (tertiary/aromatic N) is 1. The molecule has 1 heterocycles. The molecule has 0 bridgehead atoms. The molecule has 1 N–H and O–H groups in total. The number of hydrogen-bond acceptors (Lipinski definition) is 2. The van der Waals surface area contributed by atoms with E-state index < -0.39 is 0 Å². The van der Waals surface area contributed by atoms with Gasteiger partial charge in [-0.1, -0.05) is 49.7 Å². The fourth-order valence-electron chi connectivity index (χ4n) is 2.01. The molecule has 2 aromatic rings. The highest BCUT2D eigenvalue weighted by Gasteiger charge is 2.03. The maximum Gasteiger partial charge on any atom is 0.152 e. The van der Waals surface area contributed by atoms with Gasteiger partial charge in [0.05, 0.1) is 5.69 Å². The fraction of sp³-hybridized carbons (Fsp3) is 0.312. The Bertz CT molecular complexity index is 567. The van der Waals surface area contributed by atoms with E-state index >= 15 is 0 Å². The molecule has 0 unspecified atom stereocenters. The van der Waals surface area contributed by atoms with Crippen molar-refractivity contribution in [3.05, 3.63) is 57.3 Å². The highest BCUT2D eigenvalue weighted by atomic mass is 79.9. The van der Waals surface area contributed by atoms with E-state index in [0.717, 1.165) is 23.1 Å². The zero-order valence-electron chi connectivity index (χ0n) is 11.7. The first-order valence-electron chi connectivity index (χ1n) is 6.67. The summed E-state index contributed by atoms with van der Waals surface area (Å²) in [7, 11) is 0. The van der Waals surface area contributed by atoms with Crippen molar-refractivity contribution < 1.29 is 0 Å². The van der Waals surface area contributed by atoms with E-state index in [0.29, 0.717) is 11.1 Å². The van der Waals surface area contributed by atoms with Crippen molar-refractivity contribution in [2.45, 2.75) is 26.8 Å². The van der Waals surface area contributed by atoms with Crippen LogP contribution in [0.5, 0.6) is 0 Å². The molecule has 0 aliphatic carbocycles. The van der Waals surface area contributed by atoms with Gasteiger partial charge in [-0.3, -0.25) is 0 Å². The van der Waals surface area contributed by atoms with Crippen molar-refractivity contribution in [3.8, 4) is 0 Å². The molecule has 4 heteroatoms. The molecule has 2 nitrogen and oxygen atoms in total. The Morgan fingerprint density at radius 3 is 2.50 bits per heavy atom. The Kier molecular flexibility index (Phi) is 5.44. The van der Waals surface area contributed by atoms with Crippen LogP contribution in [-0.2, 0) is 13.0 Å². The molecule has 2 rings (SSSR count). The monoisotopic (exact) mass is 352 g/mol. The smallest absolute Gasteiger partial charge is 0.152 e. The van der Waals surface area contributed by atoms with E-state index in [-0.39, 0.29) is 0 Å². The van der Waals surface area contributed by atoms with Gasteiger partial charge >= 0.3 is 0 Å². The summed E-state index contributed by atoms with van der Waals surface area (Å²) in [5, 5.41) is 3.80. The van der Waals surface area contributed by atoms with Gasteiger partial charge in [0, 0.05) is 17.2 Å². The molecule has 1 aromatic heterocycles. The van der Waals surface area contributed by atoms with Crippen LogP contribution in [0, 0.1) is 5.92 Å². The Labute approximate surface area is 133 Å². The third kappa shape index (κ3) is 4.50. The van der Waals surface area contributed by atoms with Crippen molar-refractivity contribution in [1.82, 2.24) is 4.98 Å². The van der Waals surface area contributed by atoms with Crippen LogP contribution in [0.2, 0.25) is 5.15 Å². The van der Waals surface area contributed by atoms with Crippen LogP contribution in [0.15, 0.2) is 41.0 Å². The van der Waals surface area contributed by atoms with Gasteiger partial charge in [-0.15, -0.1) is 0 Å². The third-order valence-electron chi connectivity index (χ3n) is 2.96. The topological polar surface area (TPSA) is 24.9 Å². The van der Waals surface area contributed by atoms with Crippen LogP contribution in [0.3, 0.4) is 0 Å². The summed E-state index contributed by atoms with van der Waals surface area (Å²) in [5.74, 6) is 0.686. The van der Waals surface area contributed by atoms with Crippen molar-refractivity contribution >= 4 is 33.2 Å². The number of rotatable bonds is 5. The quantitative estimate of drug-likeness (QED) is 0.737. The molecule has 106 valence electrons. The van der Waals surface area contributed by atoms with Crippen molar-refractivity contribution in [2.24, 2.45) is 5.92 Å². The minimum Gasteiger partial charge on any atom is -0.378 e. The molecular weight excluding hydrogens is 336 g/mol. The highest BCUT2D eigenvalue weighted by Crippen LogP contribution is 2.23. The second-order valence-corrected chi connectivity index (χ2v) is 6.53. The summed E-state index contributed by atoms with van der Waals surface area (Å²) in [4.78, 5) is 4.09. The number of nitrogens with one attached hydrogen (secondary N) is 1. The lowest BCUT2D eigenvalue weighted by molar-refractivity contribution is 0.647. The predicted molar refractivity (Wildman–Crippen MR) is 89.3 cm³/mol. The number of pyridine rings is 1. The van der Waals surface area contributed by atoms with Gasteiger partial charge in [0.2, 0.25) is 0 Å². The van der Waals surface area contributed by atoms with Crippen molar-refractivity contribution in [2.75, 3.05) is 5.32 Å². The second-order valence-electron chi connectivity index (χ2n) is 5.26. The predicted octanol–water partition coefficient (Wildman–Crippen LogP) is 5.31. The number of anilines is 1. The Morgan fingerprint density at radius 1 is 1.20 bits per heavy atom. The molecule has 0 saturated carbocycles. The van der Waals surface area contributed by atoms with Crippen LogP contribution >= 0.6 is 27.5 Å². The van der Waals surface area contributed by atoms with Gasteiger partial charge in [0.25, 0.3) is 0 Å². The summed E-state index contributed by atoms with van der Waals surface area (Å²) in [6.07, 6.45) is 2.81. The zero-order valence-corrected chi connectivity index (χ0v) is 14.0. The molecule has 0 fully saturated rings. The molecule has 0 amide bonds. The molecule has 0 radical (unpaired) electrons. The standard InChI is InChI=1S/C16H18BrClN2/c1-11(2)7-12-3-5-13(6-4-12)9-19-15-8-14(17)10-20-16(15)18/h3-6,8,10-11,19H,7,9H2,1-2H3. The van der Waals surface area contributed by atoms with Gasteiger partial charge < -0.3 is 5.32 Å². The summed E-state index contributed by atoms with van der Waals surface area (Å²) in [6, 6.07) is 10.6. The van der Waals surface area contributed by atoms with Gasteiger partial charge in [-0.05, 0) is 45.5 Å². The molecule has 1 aromatic carbocycles. The normalized spacial score (nSPS) is 10.8. The number of halogens is 2. The maximum atomic E-state index is 6.05. The maximum absolute atomic E-state index is 6.05. The molecule has 0 aliphatic heterocycles. The minimum atomic E-state index is 0.490. The Hall–Kier alpha value is -1.06. The van der Waals surface area contributed by atoms with E-state index in [1.165, 1.54) is 11.1 Å². The van der Waals surface area contributed by atoms with E-state index in [1.807, 2.05) is 6.07 Å². The van der Waals surface area contributed by atoms with Crippen LogP contribution in [0.25, 0.3) is 0 Å². The van der Waals surface area contributed by atoms with Gasteiger partial charge in [0.15, 0.2) is 5.15 Å². The van der Waals surface area contributed by atoms with Gasteiger partial charge in [-0.25, -0.2) is 4.98 Å². The van der Waals surface area contributed by atoms with Crippen molar-refractivity contribution in [1.29, 1.82) is 0 Å². The second kappa shape index (κ2) is 7.09. The first kappa shape index (κ1) is 15.3. The molecule has 20 heavy (non-hydrogen) atoms. The van der Waals surface area contributed by atoms with Crippen LogP contribution in [0.4, 0.5) is 5.69 Å². The summed E-state index contributed by atoms with van der Waals surface area (Å²) >= 11 is 9.44. The lowest BCUT2D eigenvalue weighted by atomic mass is 10.0. The highest BCUT2D eigenvalue weighted by molar-refractivity contribution is 9.10. The summed E-state index contributed by atoms with van der Waals surface area (Å²) < 4.78 is 0.914. The minimum absolute atomic E-state index is 0.490. The third-order valence-corrected chi connectivity index (χ3v) is 3.69. The van der Waals surface area contributed by atoms with Crippen LogP contribution in [-0.4, -0.2) is 4.98 Å². The number of benzene rings is 1. The first-order valence-corrected chi connectivity index (χ1v) is 7.84. The molecular formula is C16H18BrClN2. The fourth-order valence-corrected chi connectivity index (χ4v) is 2.51. The number of aromatic nitrogens is 1. The molecule has 0 spiro atoms. The van der Waals surface area contributed by atoms with Crippen LogP contribution in [0.1, 0.15) is 25.0 Å². The van der Waals surface area contributed by atoms with E-state index in [4.69, 9.17) is 11.6 Å². The molecule has 0 saturated heterocycles. The van der Waals surface area contributed by atoms with Crippen LogP contribution < -0.4 is 5.32 Å². The zero-order chi connectivity index (χ0) is 14.5. The largest absolute Gasteiger partial charge is 0.378 e. The lowest BCUT2D eigenvalue weighted by Gasteiger charge is -2.10. The average Bonchev–Trinajstić information content (AvgIpc) is 2.41. The summed E-state index contributed by atoms with van der Waals surface area (Å²) in [6.45, 7) is 5.20. The molecule has 0 atom stereocenters. The molecule has 0 aliphatic rings. The first-order chi connectivity index (χ1) is 9.54. The van der Waals surface area contributed by atoms with Crippen molar-refractivity contribution in [3.63, 3.8) is 0 Å². The van der Waals surface area contributed by atoms with Gasteiger partial charge in [0.1, 0.15) is 0 Å². The average molecular weight is 354 g/mol. The van der Waals surface area contributed by atoms with Gasteiger partial charge in [-0.2, -0.15) is 0 Å². The lowest BCUT2D eigenvalue weighted by Crippen LogP contribution is -2.01. The SMILES string of the molecule is CC(C)Cc1ccc(CNc2cc(Br)cnc2Cl)cc1. The Balaban J connectivity index is 1.98. The number of hydrogen-bond donors (Lipinski definition) is 1.